The van der Waals surface area contributed by atoms with Crippen LogP contribution in [0.15, 0.2) is 30.3 Å². The van der Waals surface area contributed by atoms with Crippen LogP contribution in [-0.2, 0) is 4.74 Å². The van der Waals surface area contributed by atoms with Gasteiger partial charge in [-0.05, 0) is 37.9 Å². The molecule has 5 nitrogen and oxygen atoms in total. The Bertz CT molecular complexity index is 474. The quantitative estimate of drug-likeness (QED) is 0.932. The average molecular weight is 303 g/mol. The lowest BCUT2D eigenvalue weighted by atomic mass is 10.2. The van der Waals surface area contributed by atoms with E-state index in [2.05, 4.69) is 10.2 Å². The smallest absolute Gasteiger partial charge is 0.321 e. The fourth-order valence-electron chi connectivity index (χ4n) is 3.16. The third-order valence-corrected chi connectivity index (χ3v) is 4.39. The van der Waals surface area contributed by atoms with Gasteiger partial charge in [0.2, 0.25) is 0 Å². The number of hydrogen-bond donors (Lipinski definition) is 1. The van der Waals surface area contributed by atoms with Crippen LogP contribution in [0.3, 0.4) is 0 Å². The zero-order valence-corrected chi connectivity index (χ0v) is 13.0. The summed E-state index contributed by atoms with van der Waals surface area (Å²) in [7, 11) is 0. The molecule has 0 radical (unpaired) electrons. The van der Waals surface area contributed by atoms with Crippen LogP contribution in [0.25, 0.3) is 0 Å². The molecule has 1 aromatic carbocycles. The van der Waals surface area contributed by atoms with Crippen LogP contribution >= 0.6 is 0 Å². The molecule has 1 aromatic rings. The van der Waals surface area contributed by atoms with E-state index < -0.39 is 0 Å². The molecule has 2 aliphatic heterocycles. The summed E-state index contributed by atoms with van der Waals surface area (Å²) in [5.41, 5.74) is 0.855. The van der Waals surface area contributed by atoms with Gasteiger partial charge >= 0.3 is 6.03 Å². The van der Waals surface area contributed by atoms with Crippen LogP contribution in [-0.4, -0.2) is 61.3 Å². The number of carbonyl (C=O) groups excluding carboxylic acids is 1. The first kappa shape index (κ1) is 15.3. The molecule has 1 atom stereocenters. The largest absolute Gasteiger partial charge is 0.377 e. The number of hydrogen-bond acceptors (Lipinski definition) is 3. The maximum absolute atomic E-state index is 12.3. The summed E-state index contributed by atoms with van der Waals surface area (Å²) in [4.78, 5) is 16.7. The monoisotopic (exact) mass is 303 g/mol. The highest BCUT2D eigenvalue weighted by Gasteiger charge is 2.23. The van der Waals surface area contributed by atoms with E-state index in [1.807, 2.05) is 35.2 Å². The van der Waals surface area contributed by atoms with Crippen LogP contribution in [0.5, 0.6) is 0 Å². The summed E-state index contributed by atoms with van der Waals surface area (Å²) < 4.78 is 5.72. The highest BCUT2D eigenvalue weighted by molar-refractivity contribution is 5.89. The number of ether oxygens (including phenoxy) is 1. The van der Waals surface area contributed by atoms with E-state index in [1.165, 1.54) is 12.8 Å². The molecule has 0 saturated carbocycles. The van der Waals surface area contributed by atoms with Crippen LogP contribution in [0.2, 0.25) is 0 Å². The summed E-state index contributed by atoms with van der Waals surface area (Å²) in [6.45, 7) is 5.50. The molecule has 0 aliphatic carbocycles. The van der Waals surface area contributed by atoms with Gasteiger partial charge in [-0.2, -0.15) is 0 Å². The van der Waals surface area contributed by atoms with Crippen LogP contribution in [0.1, 0.15) is 19.3 Å². The number of benzene rings is 1. The predicted molar refractivity (Wildman–Crippen MR) is 87.1 cm³/mol. The van der Waals surface area contributed by atoms with Gasteiger partial charge in [0.15, 0.2) is 0 Å². The molecule has 0 aromatic heterocycles. The Morgan fingerprint density at radius 3 is 2.77 bits per heavy atom. The van der Waals surface area contributed by atoms with E-state index in [0.29, 0.717) is 6.10 Å². The summed E-state index contributed by atoms with van der Waals surface area (Å²) >= 11 is 0. The molecule has 5 heteroatoms. The molecular formula is C17H25N3O2. The van der Waals surface area contributed by atoms with Crippen molar-refractivity contribution < 1.29 is 9.53 Å². The highest BCUT2D eigenvalue weighted by atomic mass is 16.5. The number of rotatable bonds is 3. The van der Waals surface area contributed by atoms with E-state index >= 15 is 0 Å². The minimum absolute atomic E-state index is 0.00478. The lowest BCUT2D eigenvalue weighted by molar-refractivity contribution is 0.0747. The maximum atomic E-state index is 12.3. The van der Waals surface area contributed by atoms with Crippen molar-refractivity contribution in [1.29, 1.82) is 0 Å². The van der Waals surface area contributed by atoms with E-state index in [4.69, 9.17) is 4.74 Å². The Hall–Kier alpha value is -1.59. The summed E-state index contributed by atoms with van der Waals surface area (Å²) in [5, 5.41) is 2.97. The number of anilines is 1. The van der Waals surface area contributed by atoms with Crippen molar-refractivity contribution in [3.8, 4) is 0 Å². The van der Waals surface area contributed by atoms with E-state index in [1.54, 1.807) is 0 Å². The Morgan fingerprint density at radius 1 is 1.14 bits per heavy atom. The number of nitrogens with one attached hydrogen (secondary N) is 1. The molecule has 22 heavy (non-hydrogen) atoms. The van der Waals surface area contributed by atoms with Gasteiger partial charge in [-0.3, -0.25) is 4.90 Å². The van der Waals surface area contributed by atoms with E-state index in [0.717, 1.165) is 51.4 Å². The van der Waals surface area contributed by atoms with Gasteiger partial charge in [-0.1, -0.05) is 18.2 Å². The van der Waals surface area contributed by atoms with E-state index in [9.17, 15) is 4.79 Å². The number of para-hydroxylation sites is 1. The van der Waals surface area contributed by atoms with Crippen molar-refractivity contribution in [2.24, 2.45) is 0 Å². The molecular weight excluding hydrogens is 278 g/mol. The second-order valence-corrected chi connectivity index (χ2v) is 6.07. The number of nitrogens with zero attached hydrogens (tertiary/aromatic N) is 2. The third kappa shape index (κ3) is 4.21. The lowest BCUT2D eigenvalue weighted by Gasteiger charge is -2.24. The molecule has 0 unspecified atom stereocenters. The van der Waals surface area contributed by atoms with Crippen molar-refractivity contribution >= 4 is 11.7 Å². The van der Waals surface area contributed by atoms with Crippen molar-refractivity contribution in [2.75, 3.05) is 44.6 Å². The molecule has 2 saturated heterocycles. The minimum Gasteiger partial charge on any atom is -0.377 e. The fraction of sp³-hybridized carbons (Fsp3) is 0.588. The Kier molecular flexibility index (Phi) is 5.29. The first-order chi connectivity index (χ1) is 10.8. The zero-order chi connectivity index (χ0) is 15.2. The number of carbonyl (C=O) groups is 1. The van der Waals surface area contributed by atoms with Gasteiger partial charge in [0.05, 0.1) is 6.10 Å². The molecule has 0 bridgehead atoms. The van der Waals surface area contributed by atoms with Crippen molar-refractivity contribution in [3.63, 3.8) is 0 Å². The molecule has 2 fully saturated rings. The van der Waals surface area contributed by atoms with Crippen LogP contribution < -0.4 is 5.32 Å². The standard InChI is InChI=1S/C17H25N3O2/c21-17(18-15-6-2-1-3-7-15)20-10-5-9-19(11-12-20)14-16-8-4-13-22-16/h1-3,6-7,16H,4-5,8-14H2,(H,18,21)/t16-/m0/s1. The van der Waals surface area contributed by atoms with Crippen LogP contribution in [0, 0.1) is 0 Å². The second-order valence-electron chi connectivity index (χ2n) is 6.07. The molecule has 1 N–H and O–H groups in total. The van der Waals surface area contributed by atoms with Crippen LogP contribution in [0.4, 0.5) is 10.5 Å². The SMILES string of the molecule is O=C(Nc1ccccc1)N1CCCN(C[C@@H]2CCCO2)CC1. The molecule has 2 heterocycles. The molecule has 120 valence electrons. The first-order valence-corrected chi connectivity index (χ1v) is 8.26. The van der Waals surface area contributed by atoms with Gasteiger partial charge in [0, 0.05) is 38.5 Å². The minimum atomic E-state index is 0.00478. The third-order valence-electron chi connectivity index (χ3n) is 4.39. The van der Waals surface area contributed by atoms with Gasteiger partial charge in [0.25, 0.3) is 0 Å². The number of amides is 2. The highest BCUT2D eigenvalue weighted by Crippen LogP contribution is 2.15. The first-order valence-electron chi connectivity index (χ1n) is 8.26. The summed E-state index contributed by atoms with van der Waals surface area (Å²) in [6.07, 6.45) is 3.78. The number of urea groups is 1. The Morgan fingerprint density at radius 2 is 2.00 bits per heavy atom. The summed E-state index contributed by atoms with van der Waals surface area (Å²) in [5.74, 6) is 0. The fourth-order valence-corrected chi connectivity index (χ4v) is 3.16. The van der Waals surface area contributed by atoms with Crippen molar-refractivity contribution in [1.82, 2.24) is 9.80 Å². The Labute approximate surface area is 132 Å². The van der Waals surface area contributed by atoms with Gasteiger partial charge < -0.3 is 15.0 Å². The van der Waals surface area contributed by atoms with Crippen molar-refractivity contribution in [2.45, 2.75) is 25.4 Å². The molecule has 3 rings (SSSR count). The predicted octanol–water partition coefficient (Wildman–Crippen LogP) is 2.41. The summed E-state index contributed by atoms with van der Waals surface area (Å²) in [6, 6.07) is 9.65. The van der Waals surface area contributed by atoms with Gasteiger partial charge in [0.1, 0.15) is 0 Å². The van der Waals surface area contributed by atoms with E-state index in [-0.39, 0.29) is 6.03 Å². The Balaban J connectivity index is 1.48. The lowest BCUT2D eigenvalue weighted by Crippen LogP contribution is -2.39. The van der Waals surface area contributed by atoms with Crippen molar-refractivity contribution in [3.05, 3.63) is 30.3 Å². The zero-order valence-electron chi connectivity index (χ0n) is 13.0. The second kappa shape index (κ2) is 7.61. The average Bonchev–Trinajstić information content (AvgIpc) is 2.92. The normalized spacial score (nSPS) is 23.3. The van der Waals surface area contributed by atoms with Gasteiger partial charge in [-0.25, -0.2) is 4.79 Å². The topological polar surface area (TPSA) is 44.8 Å². The van der Waals surface area contributed by atoms with Gasteiger partial charge in [-0.15, -0.1) is 0 Å². The molecule has 2 aliphatic rings. The molecule has 2 amide bonds. The molecule has 0 spiro atoms. The maximum Gasteiger partial charge on any atom is 0.321 e.